The normalized spacial score (nSPS) is 10.7. The van der Waals surface area contributed by atoms with Crippen LogP contribution >= 0.6 is 15.9 Å². The standard InChI is InChI=1S/C18H15BrO/c19-12-14-5-3-6-15(11-14)13-20-18-10-4-8-16-7-1-2-9-17(16)18/h1-11H,12-13H2. The van der Waals surface area contributed by atoms with Crippen molar-refractivity contribution in [1.82, 2.24) is 0 Å². The topological polar surface area (TPSA) is 9.23 Å². The van der Waals surface area contributed by atoms with Gasteiger partial charge in [-0.3, -0.25) is 0 Å². The lowest BCUT2D eigenvalue weighted by Crippen LogP contribution is -1.96. The van der Waals surface area contributed by atoms with Crippen LogP contribution in [0.15, 0.2) is 66.7 Å². The van der Waals surface area contributed by atoms with Gasteiger partial charge in [0.2, 0.25) is 0 Å². The van der Waals surface area contributed by atoms with Gasteiger partial charge in [-0.05, 0) is 22.6 Å². The zero-order valence-electron chi connectivity index (χ0n) is 11.1. The van der Waals surface area contributed by atoms with Crippen LogP contribution in [0.3, 0.4) is 0 Å². The van der Waals surface area contributed by atoms with Crippen LogP contribution in [0.25, 0.3) is 10.8 Å². The molecule has 0 saturated carbocycles. The van der Waals surface area contributed by atoms with Crippen molar-refractivity contribution >= 4 is 26.7 Å². The van der Waals surface area contributed by atoms with Crippen molar-refractivity contribution in [1.29, 1.82) is 0 Å². The third-order valence-corrected chi connectivity index (χ3v) is 3.94. The molecule has 3 aromatic rings. The summed E-state index contributed by atoms with van der Waals surface area (Å²) < 4.78 is 5.99. The Morgan fingerprint density at radius 2 is 1.55 bits per heavy atom. The van der Waals surface area contributed by atoms with Crippen molar-refractivity contribution in [3.8, 4) is 5.75 Å². The predicted molar refractivity (Wildman–Crippen MR) is 87.4 cm³/mol. The Hall–Kier alpha value is -1.80. The van der Waals surface area contributed by atoms with Gasteiger partial charge in [-0.15, -0.1) is 0 Å². The fraction of sp³-hybridized carbons (Fsp3) is 0.111. The summed E-state index contributed by atoms with van der Waals surface area (Å²) in [6, 6.07) is 22.9. The van der Waals surface area contributed by atoms with Gasteiger partial charge in [0.25, 0.3) is 0 Å². The van der Waals surface area contributed by atoms with Gasteiger partial charge in [0.15, 0.2) is 0 Å². The molecule has 0 N–H and O–H groups in total. The molecule has 20 heavy (non-hydrogen) atoms. The molecule has 3 aromatic carbocycles. The Labute approximate surface area is 127 Å². The molecule has 0 radical (unpaired) electrons. The average molecular weight is 327 g/mol. The molecule has 2 heteroatoms. The number of fused-ring (bicyclic) bond motifs is 1. The molecule has 0 saturated heterocycles. The lowest BCUT2D eigenvalue weighted by molar-refractivity contribution is 0.310. The van der Waals surface area contributed by atoms with Crippen molar-refractivity contribution in [2.75, 3.05) is 0 Å². The first-order chi connectivity index (χ1) is 9.86. The van der Waals surface area contributed by atoms with Gasteiger partial charge in [-0.2, -0.15) is 0 Å². The number of rotatable bonds is 4. The van der Waals surface area contributed by atoms with E-state index in [9.17, 15) is 0 Å². The second-order valence-corrected chi connectivity index (χ2v) is 5.28. The van der Waals surface area contributed by atoms with E-state index in [1.54, 1.807) is 0 Å². The number of hydrogen-bond donors (Lipinski definition) is 0. The van der Waals surface area contributed by atoms with Crippen molar-refractivity contribution < 1.29 is 4.74 Å². The van der Waals surface area contributed by atoms with Crippen LogP contribution in [0.1, 0.15) is 11.1 Å². The number of alkyl halides is 1. The molecule has 1 nitrogen and oxygen atoms in total. The summed E-state index contributed by atoms with van der Waals surface area (Å²) in [5.74, 6) is 0.937. The number of hydrogen-bond acceptors (Lipinski definition) is 1. The number of ether oxygens (including phenoxy) is 1. The van der Waals surface area contributed by atoms with Crippen LogP contribution < -0.4 is 4.74 Å². The highest BCUT2D eigenvalue weighted by molar-refractivity contribution is 9.08. The molecule has 0 aliphatic heterocycles. The zero-order valence-corrected chi connectivity index (χ0v) is 12.6. The summed E-state index contributed by atoms with van der Waals surface area (Å²) in [4.78, 5) is 0. The molecule has 0 aliphatic rings. The quantitative estimate of drug-likeness (QED) is 0.590. The molecule has 0 aromatic heterocycles. The molecule has 0 heterocycles. The van der Waals surface area contributed by atoms with Gasteiger partial charge in [0.05, 0.1) is 0 Å². The van der Waals surface area contributed by atoms with Gasteiger partial charge in [-0.1, -0.05) is 76.6 Å². The highest BCUT2D eigenvalue weighted by Gasteiger charge is 2.02. The predicted octanol–water partition coefficient (Wildman–Crippen LogP) is 5.31. The molecule has 0 bridgehead atoms. The molecule has 0 atom stereocenters. The SMILES string of the molecule is BrCc1cccc(COc2cccc3ccccc23)c1. The van der Waals surface area contributed by atoms with E-state index in [0.29, 0.717) is 6.61 Å². The van der Waals surface area contributed by atoms with Gasteiger partial charge < -0.3 is 4.74 Å². The first-order valence-corrected chi connectivity index (χ1v) is 7.73. The Kier molecular flexibility index (Phi) is 4.03. The van der Waals surface area contributed by atoms with E-state index in [0.717, 1.165) is 16.5 Å². The fourth-order valence-corrected chi connectivity index (χ4v) is 2.63. The monoisotopic (exact) mass is 326 g/mol. The Morgan fingerprint density at radius 3 is 2.45 bits per heavy atom. The lowest BCUT2D eigenvalue weighted by Gasteiger charge is -2.10. The molecule has 3 rings (SSSR count). The van der Waals surface area contributed by atoms with Crippen molar-refractivity contribution in [2.24, 2.45) is 0 Å². The van der Waals surface area contributed by atoms with Crippen LogP contribution in [0.2, 0.25) is 0 Å². The van der Waals surface area contributed by atoms with Gasteiger partial charge in [0.1, 0.15) is 12.4 Å². The van der Waals surface area contributed by atoms with Crippen LogP contribution in [-0.4, -0.2) is 0 Å². The van der Waals surface area contributed by atoms with Crippen LogP contribution in [0.5, 0.6) is 5.75 Å². The smallest absolute Gasteiger partial charge is 0.127 e. The Morgan fingerprint density at radius 1 is 0.800 bits per heavy atom. The highest BCUT2D eigenvalue weighted by Crippen LogP contribution is 2.26. The first kappa shape index (κ1) is 13.2. The van der Waals surface area contributed by atoms with Crippen LogP contribution in [0, 0.1) is 0 Å². The minimum Gasteiger partial charge on any atom is -0.488 e. The van der Waals surface area contributed by atoms with E-state index in [2.05, 4.69) is 58.4 Å². The van der Waals surface area contributed by atoms with Crippen LogP contribution in [-0.2, 0) is 11.9 Å². The maximum atomic E-state index is 5.99. The number of halogens is 1. The maximum absolute atomic E-state index is 5.99. The third kappa shape index (κ3) is 2.86. The zero-order chi connectivity index (χ0) is 13.8. The maximum Gasteiger partial charge on any atom is 0.127 e. The van der Waals surface area contributed by atoms with E-state index in [4.69, 9.17) is 4.74 Å². The number of benzene rings is 3. The average Bonchev–Trinajstić information content (AvgIpc) is 2.53. The lowest BCUT2D eigenvalue weighted by atomic mass is 10.1. The largest absolute Gasteiger partial charge is 0.488 e. The second kappa shape index (κ2) is 6.10. The Bertz CT molecular complexity index is 716. The van der Waals surface area contributed by atoms with Crippen molar-refractivity contribution in [3.05, 3.63) is 77.9 Å². The van der Waals surface area contributed by atoms with Crippen molar-refractivity contribution in [3.63, 3.8) is 0 Å². The molecule has 0 unspecified atom stereocenters. The van der Waals surface area contributed by atoms with E-state index in [1.165, 1.54) is 16.5 Å². The van der Waals surface area contributed by atoms with E-state index in [1.807, 2.05) is 24.3 Å². The molecular weight excluding hydrogens is 312 g/mol. The molecule has 0 fully saturated rings. The Balaban J connectivity index is 1.83. The first-order valence-electron chi connectivity index (χ1n) is 6.61. The van der Waals surface area contributed by atoms with Gasteiger partial charge in [0, 0.05) is 10.7 Å². The van der Waals surface area contributed by atoms with Gasteiger partial charge >= 0.3 is 0 Å². The summed E-state index contributed by atoms with van der Waals surface area (Å²) >= 11 is 3.48. The fourth-order valence-electron chi connectivity index (χ4n) is 2.29. The summed E-state index contributed by atoms with van der Waals surface area (Å²) in [6.07, 6.45) is 0. The minimum atomic E-state index is 0.592. The summed E-state index contributed by atoms with van der Waals surface area (Å²) in [5.41, 5.74) is 2.46. The summed E-state index contributed by atoms with van der Waals surface area (Å²) in [6.45, 7) is 0.592. The van der Waals surface area contributed by atoms with Crippen LogP contribution in [0.4, 0.5) is 0 Å². The van der Waals surface area contributed by atoms with E-state index < -0.39 is 0 Å². The molecule has 100 valence electrons. The van der Waals surface area contributed by atoms with E-state index >= 15 is 0 Å². The second-order valence-electron chi connectivity index (χ2n) is 4.72. The molecule has 0 spiro atoms. The molecular formula is C18H15BrO. The minimum absolute atomic E-state index is 0.592. The third-order valence-electron chi connectivity index (χ3n) is 3.29. The summed E-state index contributed by atoms with van der Waals surface area (Å²) in [5, 5.41) is 3.24. The molecule has 0 amide bonds. The highest BCUT2D eigenvalue weighted by atomic mass is 79.9. The van der Waals surface area contributed by atoms with Crippen molar-refractivity contribution in [2.45, 2.75) is 11.9 Å². The van der Waals surface area contributed by atoms with E-state index in [-0.39, 0.29) is 0 Å². The van der Waals surface area contributed by atoms with Gasteiger partial charge in [-0.25, -0.2) is 0 Å². The molecule has 0 aliphatic carbocycles. The summed E-state index contributed by atoms with van der Waals surface area (Å²) in [7, 11) is 0.